The van der Waals surface area contributed by atoms with Gasteiger partial charge in [-0.2, -0.15) is 0 Å². The van der Waals surface area contributed by atoms with Crippen LogP contribution in [0.4, 0.5) is 0 Å². The molecular weight excluding hydrogens is 260 g/mol. The van der Waals surface area contributed by atoms with Crippen LogP contribution in [-0.2, 0) is 4.79 Å². The first kappa shape index (κ1) is 14.4. The number of benzene rings is 1. The first-order valence-electron chi connectivity index (χ1n) is 6.84. The van der Waals surface area contributed by atoms with Crippen molar-refractivity contribution in [3.8, 4) is 0 Å². The summed E-state index contributed by atoms with van der Waals surface area (Å²) in [6.07, 6.45) is 2.60. The van der Waals surface area contributed by atoms with Gasteiger partial charge in [-0.25, -0.2) is 0 Å². The minimum absolute atomic E-state index is 0.183. The number of carbonyl (C=O) groups is 1. The maximum atomic E-state index is 10.9. The van der Waals surface area contributed by atoms with Gasteiger partial charge in [0.1, 0.15) is 0 Å². The van der Waals surface area contributed by atoms with Gasteiger partial charge in [-0.05, 0) is 50.4 Å². The molecule has 19 heavy (non-hydrogen) atoms. The number of nitrogens with zero attached hydrogens (tertiary/aromatic N) is 1. The Bertz CT molecular complexity index is 442. The highest BCUT2D eigenvalue weighted by Gasteiger charge is 2.25. The Balaban J connectivity index is 1.94. The molecule has 1 amide bonds. The molecule has 0 aromatic heterocycles. The normalized spacial score (nSPS) is 19.3. The smallest absolute Gasteiger partial charge is 0.217 e. The van der Waals surface area contributed by atoms with E-state index in [0.29, 0.717) is 18.4 Å². The van der Waals surface area contributed by atoms with E-state index in [1.807, 2.05) is 18.2 Å². The van der Waals surface area contributed by atoms with Gasteiger partial charge in [0.15, 0.2) is 0 Å². The van der Waals surface area contributed by atoms with Crippen LogP contribution in [0, 0.1) is 5.92 Å². The van der Waals surface area contributed by atoms with Crippen molar-refractivity contribution in [2.24, 2.45) is 11.7 Å². The van der Waals surface area contributed by atoms with E-state index in [9.17, 15) is 4.79 Å². The number of nitrogens with two attached hydrogens (primary N) is 1. The third-order valence-corrected chi connectivity index (χ3v) is 4.39. The third kappa shape index (κ3) is 3.71. The number of piperidine rings is 1. The van der Waals surface area contributed by atoms with E-state index in [1.54, 1.807) is 0 Å². The molecule has 0 saturated carbocycles. The maximum Gasteiger partial charge on any atom is 0.217 e. The Hall–Kier alpha value is -1.06. The van der Waals surface area contributed by atoms with Crippen molar-refractivity contribution in [1.82, 2.24) is 4.90 Å². The summed E-state index contributed by atoms with van der Waals surface area (Å²) in [5, 5.41) is 0.828. The lowest BCUT2D eigenvalue weighted by atomic mass is 9.92. The molecule has 0 aliphatic carbocycles. The zero-order valence-corrected chi connectivity index (χ0v) is 12.1. The van der Waals surface area contributed by atoms with Crippen LogP contribution in [0.5, 0.6) is 0 Å². The van der Waals surface area contributed by atoms with Crippen molar-refractivity contribution in [3.05, 3.63) is 34.9 Å². The van der Waals surface area contributed by atoms with Crippen LogP contribution in [-0.4, -0.2) is 23.9 Å². The van der Waals surface area contributed by atoms with Gasteiger partial charge < -0.3 is 5.73 Å². The van der Waals surface area contributed by atoms with Gasteiger partial charge in [-0.1, -0.05) is 29.8 Å². The molecule has 1 fully saturated rings. The van der Waals surface area contributed by atoms with Gasteiger partial charge in [0.2, 0.25) is 5.91 Å². The van der Waals surface area contributed by atoms with Gasteiger partial charge in [-0.3, -0.25) is 9.69 Å². The summed E-state index contributed by atoms with van der Waals surface area (Å²) >= 11 is 6.25. The lowest BCUT2D eigenvalue weighted by Gasteiger charge is -2.36. The van der Waals surface area contributed by atoms with Crippen molar-refractivity contribution >= 4 is 17.5 Å². The van der Waals surface area contributed by atoms with E-state index < -0.39 is 0 Å². The summed E-state index contributed by atoms with van der Waals surface area (Å²) in [6.45, 7) is 4.20. The van der Waals surface area contributed by atoms with Gasteiger partial charge in [0, 0.05) is 17.5 Å². The molecule has 0 bridgehead atoms. The van der Waals surface area contributed by atoms with Gasteiger partial charge in [-0.15, -0.1) is 0 Å². The summed E-state index contributed by atoms with van der Waals surface area (Å²) in [5.41, 5.74) is 6.44. The number of primary amides is 1. The molecule has 104 valence electrons. The number of carbonyl (C=O) groups excluding carboxylic acids is 1. The predicted octanol–water partition coefficient (Wildman–Crippen LogP) is 2.99. The first-order chi connectivity index (χ1) is 9.08. The number of hydrogen-bond acceptors (Lipinski definition) is 2. The number of amides is 1. The molecule has 3 nitrogen and oxygen atoms in total. The van der Waals surface area contributed by atoms with E-state index in [4.69, 9.17) is 17.3 Å². The average molecular weight is 281 g/mol. The summed E-state index contributed by atoms with van der Waals surface area (Å²) in [7, 11) is 0. The Morgan fingerprint density at radius 1 is 1.42 bits per heavy atom. The fourth-order valence-electron chi connectivity index (χ4n) is 2.84. The fraction of sp³-hybridized carbons (Fsp3) is 0.533. The Morgan fingerprint density at radius 3 is 2.63 bits per heavy atom. The van der Waals surface area contributed by atoms with E-state index in [-0.39, 0.29) is 5.91 Å². The van der Waals surface area contributed by atoms with Crippen LogP contribution >= 0.6 is 11.6 Å². The van der Waals surface area contributed by atoms with Crippen LogP contribution in [0.1, 0.15) is 37.8 Å². The Morgan fingerprint density at radius 2 is 2.05 bits per heavy atom. The van der Waals surface area contributed by atoms with Crippen molar-refractivity contribution in [1.29, 1.82) is 0 Å². The zero-order valence-electron chi connectivity index (χ0n) is 11.3. The largest absolute Gasteiger partial charge is 0.370 e. The van der Waals surface area contributed by atoms with E-state index in [1.165, 1.54) is 5.56 Å². The Kier molecular flexibility index (Phi) is 4.83. The van der Waals surface area contributed by atoms with E-state index >= 15 is 0 Å². The second-order valence-corrected chi connectivity index (χ2v) is 5.75. The van der Waals surface area contributed by atoms with E-state index in [0.717, 1.165) is 31.0 Å². The quantitative estimate of drug-likeness (QED) is 0.922. The minimum atomic E-state index is -0.183. The second kappa shape index (κ2) is 6.40. The number of hydrogen-bond donors (Lipinski definition) is 1. The third-order valence-electron chi connectivity index (χ3n) is 4.04. The van der Waals surface area contributed by atoms with Crippen molar-refractivity contribution in [2.45, 2.75) is 32.2 Å². The average Bonchev–Trinajstić information content (AvgIpc) is 2.39. The molecule has 1 aliphatic heterocycles. The molecule has 1 aromatic carbocycles. The minimum Gasteiger partial charge on any atom is -0.370 e. The number of rotatable bonds is 4. The predicted molar refractivity (Wildman–Crippen MR) is 78.0 cm³/mol. The topological polar surface area (TPSA) is 46.3 Å². The lowest BCUT2D eigenvalue weighted by Crippen LogP contribution is -2.36. The molecule has 0 spiro atoms. The molecule has 1 heterocycles. The molecule has 1 saturated heterocycles. The van der Waals surface area contributed by atoms with Crippen LogP contribution in [0.25, 0.3) is 0 Å². The molecule has 2 N–H and O–H groups in total. The summed E-state index contributed by atoms with van der Waals surface area (Å²) < 4.78 is 0. The highest BCUT2D eigenvalue weighted by Crippen LogP contribution is 2.31. The lowest BCUT2D eigenvalue weighted by molar-refractivity contribution is -0.119. The molecule has 1 atom stereocenters. The summed E-state index contributed by atoms with van der Waals surface area (Å²) in [5.74, 6) is 0.268. The Labute approximate surface area is 119 Å². The van der Waals surface area contributed by atoms with Crippen LogP contribution in [0.15, 0.2) is 24.3 Å². The molecule has 1 aromatic rings. The monoisotopic (exact) mass is 280 g/mol. The van der Waals surface area contributed by atoms with Crippen molar-refractivity contribution < 1.29 is 4.79 Å². The van der Waals surface area contributed by atoms with Crippen LogP contribution < -0.4 is 5.73 Å². The fourth-order valence-corrected chi connectivity index (χ4v) is 3.13. The van der Waals surface area contributed by atoms with Crippen molar-refractivity contribution in [3.63, 3.8) is 0 Å². The summed E-state index contributed by atoms with van der Waals surface area (Å²) in [6, 6.07) is 8.33. The SMILES string of the molecule is CC(c1ccccc1Cl)N1CCC(CC(N)=O)CC1. The zero-order chi connectivity index (χ0) is 13.8. The summed E-state index contributed by atoms with van der Waals surface area (Å²) in [4.78, 5) is 13.4. The van der Waals surface area contributed by atoms with Gasteiger partial charge >= 0.3 is 0 Å². The van der Waals surface area contributed by atoms with Crippen LogP contribution in [0.3, 0.4) is 0 Å². The molecule has 4 heteroatoms. The highest BCUT2D eigenvalue weighted by molar-refractivity contribution is 6.31. The highest BCUT2D eigenvalue weighted by atomic mass is 35.5. The first-order valence-corrected chi connectivity index (χ1v) is 7.22. The molecule has 0 radical (unpaired) electrons. The molecule has 2 rings (SSSR count). The molecule has 1 aliphatic rings. The van der Waals surface area contributed by atoms with E-state index in [2.05, 4.69) is 17.9 Å². The number of likely N-dealkylation sites (tertiary alicyclic amines) is 1. The van der Waals surface area contributed by atoms with Gasteiger partial charge in [0.25, 0.3) is 0 Å². The molecular formula is C15H21ClN2O. The maximum absolute atomic E-state index is 10.9. The second-order valence-electron chi connectivity index (χ2n) is 5.35. The van der Waals surface area contributed by atoms with Gasteiger partial charge in [0.05, 0.1) is 0 Å². The van der Waals surface area contributed by atoms with Crippen molar-refractivity contribution in [2.75, 3.05) is 13.1 Å². The van der Waals surface area contributed by atoms with Crippen LogP contribution in [0.2, 0.25) is 5.02 Å². The number of halogens is 1. The molecule has 1 unspecified atom stereocenters. The standard InChI is InChI=1S/C15H21ClN2O/c1-11(13-4-2-3-5-14(13)16)18-8-6-12(7-9-18)10-15(17)19/h2-5,11-12H,6-10H2,1H3,(H2,17,19).